The quantitative estimate of drug-likeness (QED) is 0.936. The van der Waals surface area contributed by atoms with Crippen molar-refractivity contribution in [2.24, 2.45) is 0 Å². The Bertz CT molecular complexity index is 687. The second kappa shape index (κ2) is 5.36. The summed E-state index contributed by atoms with van der Waals surface area (Å²) in [5.74, 6) is -0.871. The standard InChI is InChI=1S/C13H13FN2O2S/c1-2-10-6-3-4-8-12(10)16-19(17,18)13-11(14)7-5-9-15-13/h3-9,16H,2H2,1H3. The highest BCUT2D eigenvalue weighted by molar-refractivity contribution is 7.92. The van der Waals surface area contributed by atoms with Gasteiger partial charge in [-0.05, 0) is 30.2 Å². The topological polar surface area (TPSA) is 59.1 Å². The largest absolute Gasteiger partial charge is 0.282 e. The van der Waals surface area contributed by atoms with E-state index in [1.165, 1.54) is 12.3 Å². The zero-order chi connectivity index (χ0) is 13.9. The van der Waals surface area contributed by atoms with Crippen molar-refractivity contribution in [3.05, 3.63) is 54.0 Å². The number of halogens is 1. The molecule has 0 aliphatic rings. The van der Waals surface area contributed by atoms with Gasteiger partial charge in [0.2, 0.25) is 5.03 Å². The number of pyridine rings is 1. The summed E-state index contributed by atoms with van der Waals surface area (Å²) in [5, 5.41) is -0.596. The maximum absolute atomic E-state index is 13.5. The molecular formula is C13H13FN2O2S. The van der Waals surface area contributed by atoms with E-state index >= 15 is 0 Å². The highest BCUT2D eigenvalue weighted by Crippen LogP contribution is 2.20. The summed E-state index contributed by atoms with van der Waals surface area (Å²) >= 11 is 0. The number of benzene rings is 1. The van der Waals surface area contributed by atoms with E-state index in [1.54, 1.807) is 12.1 Å². The maximum Gasteiger partial charge on any atom is 0.282 e. The number of para-hydroxylation sites is 1. The first-order valence-corrected chi connectivity index (χ1v) is 7.24. The van der Waals surface area contributed by atoms with Gasteiger partial charge in [0, 0.05) is 6.20 Å². The van der Waals surface area contributed by atoms with Crippen LogP contribution in [0, 0.1) is 5.82 Å². The minimum absolute atomic E-state index is 0.440. The molecule has 6 heteroatoms. The van der Waals surface area contributed by atoms with Crippen LogP contribution >= 0.6 is 0 Å². The van der Waals surface area contributed by atoms with Gasteiger partial charge in [-0.2, -0.15) is 8.42 Å². The van der Waals surface area contributed by atoms with Gasteiger partial charge in [0.25, 0.3) is 10.0 Å². The van der Waals surface area contributed by atoms with E-state index in [4.69, 9.17) is 0 Å². The average Bonchev–Trinajstić information content (AvgIpc) is 2.39. The number of hydrogen-bond acceptors (Lipinski definition) is 3. The van der Waals surface area contributed by atoms with Gasteiger partial charge in [-0.1, -0.05) is 25.1 Å². The van der Waals surface area contributed by atoms with Gasteiger partial charge >= 0.3 is 0 Å². The molecule has 2 aromatic rings. The minimum Gasteiger partial charge on any atom is -0.278 e. The Morgan fingerprint density at radius 3 is 2.63 bits per heavy atom. The van der Waals surface area contributed by atoms with E-state index in [0.29, 0.717) is 12.1 Å². The predicted molar refractivity (Wildman–Crippen MR) is 70.8 cm³/mol. The van der Waals surface area contributed by atoms with Crippen molar-refractivity contribution in [1.82, 2.24) is 4.98 Å². The van der Waals surface area contributed by atoms with Crippen molar-refractivity contribution in [2.45, 2.75) is 18.4 Å². The highest BCUT2D eigenvalue weighted by Gasteiger charge is 2.21. The SMILES string of the molecule is CCc1ccccc1NS(=O)(=O)c1ncccc1F. The number of aromatic nitrogens is 1. The first-order chi connectivity index (χ1) is 9.04. The summed E-state index contributed by atoms with van der Waals surface area (Å²) in [6.45, 7) is 1.91. The third-order valence-corrected chi connectivity index (χ3v) is 3.92. The molecule has 0 aliphatic heterocycles. The summed E-state index contributed by atoms with van der Waals surface area (Å²) < 4.78 is 40.0. The van der Waals surface area contributed by atoms with E-state index in [0.717, 1.165) is 11.6 Å². The molecule has 0 spiro atoms. The summed E-state index contributed by atoms with van der Waals surface area (Å²) in [4.78, 5) is 3.58. The molecule has 0 saturated carbocycles. The van der Waals surface area contributed by atoms with Crippen molar-refractivity contribution in [3.8, 4) is 0 Å². The van der Waals surface area contributed by atoms with Gasteiger partial charge in [0.05, 0.1) is 5.69 Å². The lowest BCUT2D eigenvalue weighted by atomic mass is 10.1. The molecule has 0 aliphatic carbocycles. The lowest BCUT2D eigenvalue weighted by Gasteiger charge is -2.11. The Hall–Kier alpha value is -1.95. The van der Waals surface area contributed by atoms with Gasteiger partial charge in [0.1, 0.15) is 0 Å². The number of sulfonamides is 1. The number of nitrogens with zero attached hydrogens (tertiary/aromatic N) is 1. The Balaban J connectivity index is 2.40. The fourth-order valence-electron chi connectivity index (χ4n) is 1.69. The molecule has 19 heavy (non-hydrogen) atoms. The monoisotopic (exact) mass is 280 g/mol. The van der Waals surface area contributed by atoms with Gasteiger partial charge in [-0.3, -0.25) is 4.72 Å². The van der Waals surface area contributed by atoms with E-state index in [2.05, 4.69) is 9.71 Å². The average molecular weight is 280 g/mol. The van der Waals surface area contributed by atoms with Crippen molar-refractivity contribution >= 4 is 15.7 Å². The first-order valence-electron chi connectivity index (χ1n) is 5.76. The maximum atomic E-state index is 13.5. The molecule has 100 valence electrons. The third-order valence-electron chi connectivity index (χ3n) is 2.62. The Morgan fingerprint density at radius 1 is 1.21 bits per heavy atom. The molecule has 0 saturated heterocycles. The molecule has 4 nitrogen and oxygen atoms in total. The van der Waals surface area contributed by atoms with E-state index in [-0.39, 0.29) is 0 Å². The van der Waals surface area contributed by atoms with Crippen LogP contribution in [0.25, 0.3) is 0 Å². The summed E-state index contributed by atoms with van der Waals surface area (Å²) in [6, 6.07) is 9.38. The normalized spacial score (nSPS) is 11.3. The molecule has 0 unspecified atom stereocenters. The number of anilines is 1. The lowest BCUT2D eigenvalue weighted by molar-refractivity contribution is 0.557. The van der Waals surface area contributed by atoms with Crippen LogP contribution in [0.15, 0.2) is 47.6 Å². The Kier molecular flexibility index (Phi) is 3.80. The van der Waals surface area contributed by atoms with E-state index < -0.39 is 20.9 Å². The third kappa shape index (κ3) is 2.90. The number of hydrogen-bond donors (Lipinski definition) is 1. The van der Waals surface area contributed by atoms with Crippen LogP contribution in [0.5, 0.6) is 0 Å². The molecule has 2 rings (SSSR count). The predicted octanol–water partition coefficient (Wildman–Crippen LogP) is 2.58. The van der Waals surface area contributed by atoms with Crippen LogP contribution in [-0.4, -0.2) is 13.4 Å². The van der Waals surface area contributed by atoms with Gasteiger partial charge in [0.15, 0.2) is 5.82 Å². The van der Waals surface area contributed by atoms with Gasteiger partial charge < -0.3 is 0 Å². The van der Waals surface area contributed by atoms with Crippen LogP contribution in [0.1, 0.15) is 12.5 Å². The summed E-state index contributed by atoms with van der Waals surface area (Å²) in [7, 11) is -4.01. The van der Waals surface area contributed by atoms with Crippen LogP contribution in [0.3, 0.4) is 0 Å². The van der Waals surface area contributed by atoms with Crippen LogP contribution < -0.4 is 4.72 Å². The van der Waals surface area contributed by atoms with Crippen molar-refractivity contribution in [3.63, 3.8) is 0 Å². The van der Waals surface area contributed by atoms with Gasteiger partial charge in [-0.25, -0.2) is 9.37 Å². The minimum atomic E-state index is -4.01. The molecule has 1 aromatic heterocycles. The molecule has 0 atom stereocenters. The first kappa shape index (κ1) is 13.5. The van der Waals surface area contributed by atoms with E-state index in [9.17, 15) is 12.8 Å². The van der Waals surface area contributed by atoms with Crippen molar-refractivity contribution in [1.29, 1.82) is 0 Å². The molecule has 1 heterocycles. The molecule has 0 radical (unpaired) electrons. The molecule has 0 fully saturated rings. The fourth-order valence-corrected chi connectivity index (χ4v) is 2.80. The second-order valence-corrected chi connectivity index (χ2v) is 5.50. The molecular weight excluding hydrogens is 267 g/mol. The smallest absolute Gasteiger partial charge is 0.278 e. The van der Waals surface area contributed by atoms with Crippen LogP contribution in [0.4, 0.5) is 10.1 Å². The number of rotatable bonds is 4. The Labute approximate surface area is 111 Å². The number of aryl methyl sites for hydroxylation is 1. The lowest BCUT2D eigenvalue weighted by Crippen LogP contribution is -2.17. The molecule has 1 N–H and O–H groups in total. The molecule has 0 bridgehead atoms. The zero-order valence-electron chi connectivity index (χ0n) is 10.3. The summed E-state index contributed by atoms with van der Waals surface area (Å²) in [5.41, 5.74) is 1.28. The molecule has 0 amide bonds. The second-order valence-electron chi connectivity index (χ2n) is 3.91. The van der Waals surface area contributed by atoms with E-state index in [1.807, 2.05) is 19.1 Å². The van der Waals surface area contributed by atoms with Crippen molar-refractivity contribution < 1.29 is 12.8 Å². The van der Waals surface area contributed by atoms with Gasteiger partial charge in [-0.15, -0.1) is 0 Å². The van der Waals surface area contributed by atoms with Crippen LogP contribution in [0.2, 0.25) is 0 Å². The Morgan fingerprint density at radius 2 is 1.95 bits per heavy atom. The highest BCUT2D eigenvalue weighted by atomic mass is 32.2. The molecule has 1 aromatic carbocycles. The number of nitrogens with one attached hydrogen (secondary N) is 1. The summed E-state index contributed by atoms with van der Waals surface area (Å²) in [6.07, 6.45) is 1.91. The van der Waals surface area contributed by atoms with Crippen molar-refractivity contribution in [2.75, 3.05) is 4.72 Å². The van der Waals surface area contributed by atoms with Crippen LogP contribution in [-0.2, 0) is 16.4 Å². The fraction of sp³-hybridized carbons (Fsp3) is 0.154. The zero-order valence-corrected chi connectivity index (χ0v) is 11.1.